The van der Waals surface area contributed by atoms with Crippen molar-refractivity contribution in [2.45, 2.75) is 6.92 Å². The first-order chi connectivity index (χ1) is 13.5. The highest BCUT2D eigenvalue weighted by atomic mass is 35.5. The van der Waals surface area contributed by atoms with E-state index in [1.807, 2.05) is 25.1 Å². The minimum Gasteiger partial charge on any atom is -0.322 e. The highest BCUT2D eigenvalue weighted by Gasteiger charge is 2.08. The van der Waals surface area contributed by atoms with Gasteiger partial charge in [-0.2, -0.15) is 5.10 Å². The van der Waals surface area contributed by atoms with Gasteiger partial charge in [-0.25, -0.2) is 5.43 Å². The number of rotatable bonds is 5. The predicted molar refractivity (Wildman–Crippen MR) is 112 cm³/mol. The van der Waals surface area contributed by atoms with Gasteiger partial charge in [0.25, 0.3) is 11.8 Å². The third kappa shape index (κ3) is 5.28. The second-order valence-electron chi connectivity index (χ2n) is 6.15. The molecule has 0 saturated carbocycles. The lowest BCUT2D eigenvalue weighted by atomic mass is 10.1. The van der Waals surface area contributed by atoms with Gasteiger partial charge in [0.2, 0.25) is 0 Å². The molecule has 0 aliphatic rings. The van der Waals surface area contributed by atoms with Crippen LogP contribution >= 0.6 is 11.6 Å². The third-order valence-electron chi connectivity index (χ3n) is 3.93. The maximum atomic E-state index is 12.3. The number of nitrogens with zero attached hydrogens (tertiary/aromatic N) is 1. The molecule has 0 unspecified atom stereocenters. The third-order valence-corrected chi connectivity index (χ3v) is 4.19. The number of hydrogen-bond acceptors (Lipinski definition) is 3. The second kappa shape index (κ2) is 8.97. The Morgan fingerprint density at radius 3 is 2.29 bits per heavy atom. The number of nitrogens with one attached hydrogen (secondary N) is 2. The van der Waals surface area contributed by atoms with Gasteiger partial charge in [0.1, 0.15) is 0 Å². The number of carbonyl (C=O) groups is 2. The molecule has 0 aliphatic heterocycles. The lowest BCUT2D eigenvalue weighted by Gasteiger charge is -2.07. The maximum absolute atomic E-state index is 12.3. The van der Waals surface area contributed by atoms with Crippen molar-refractivity contribution in [1.29, 1.82) is 0 Å². The fraction of sp³-hybridized carbons (Fsp3) is 0.0455. The molecular formula is C22H18ClN3O2. The standard InChI is InChI=1S/C22H18ClN3O2/c1-15-3-2-4-18(13-15)21(27)25-20-11-7-17(8-12-20)22(28)26-24-14-16-5-9-19(23)10-6-16/h2-14H,1H3,(H,25,27)(H,26,28)/b24-14+. The normalized spacial score (nSPS) is 10.6. The van der Waals surface area contributed by atoms with E-state index in [0.29, 0.717) is 21.8 Å². The number of aryl methyl sites for hydroxylation is 1. The van der Waals surface area contributed by atoms with Crippen molar-refractivity contribution in [3.05, 3.63) is 100 Å². The summed E-state index contributed by atoms with van der Waals surface area (Å²) in [5, 5.41) is 7.37. The van der Waals surface area contributed by atoms with E-state index in [1.165, 1.54) is 6.21 Å². The Morgan fingerprint density at radius 1 is 0.893 bits per heavy atom. The van der Waals surface area contributed by atoms with E-state index in [2.05, 4.69) is 15.8 Å². The summed E-state index contributed by atoms with van der Waals surface area (Å²) in [5.74, 6) is -0.546. The first-order valence-corrected chi connectivity index (χ1v) is 8.96. The van der Waals surface area contributed by atoms with Gasteiger partial charge in [-0.15, -0.1) is 0 Å². The van der Waals surface area contributed by atoms with Gasteiger partial charge in [-0.05, 0) is 61.0 Å². The molecule has 5 nitrogen and oxygen atoms in total. The van der Waals surface area contributed by atoms with Crippen molar-refractivity contribution in [3.63, 3.8) is 0 Å². The number of benzene rings is 3. The molecule has 0 fully saturated rings. The molecule has 2 amide bonds. The van der Waals surface area contributed by atoms with Crippen LogP contribution in [0.5, 0.6) is 0 Å². The van der Waals surface area contributed by atoms with E-state index in [9.17, 15) is 9.59 Å². The molecule has 3 aromatic rings. The summed E-state index contributed by atoms with van der Waals surface area (Å²) in [6, 6.07) is 21.0. The molecule has 0 radical (unpaired) electrons. The fourth-order valence-electron chi connectivity index (χ4n) is 2.47. The monoisotopic (exact) mass is 391 g/mol. The molecular weight excluding hydrogens is 374 g/mol. The van der Waals surface area contributed by atoms with Gasteiger partial charge in [0.05, 0.1) is 6.21 Å². The van der Waals surface area contributed by atoms with Crippen LogP contribution in [-0.4, -0.2) is 18.0 Å². The fourth-order valence-corrected chi connectivity index (χ4v) is 2.60. The number of hydrogen-bond donors (Lipinski definition) is 2. The molecule has 6 heteroatoms. The number of carbonyl (C=O) groups excluding carboxylic acids is 2. The molecule has 28 heavy (non-hydrogen) atoms. The maximum Gasteiger partial charge on any atom is 0.271 e. The number of anilines is 1. The van der Waals surface area contributed by atoms with Gasteiger partial charge >= 0.3 is 0 Å². The van der Waals surface area contributed by atoms with Crippen molar-refractivity contribution >= 4 is 35.3 Å². The van der Waals surface area contributed by atoms with Crippen molar-refractivity contribution < 1.29 is 9.59 Å². The van der Waals surface area contributed by atoms with Gasteiger partial charge in [-0.3, -0.25) is 9.59 Å². The highest BCUT2D eigenvalue weighted by molar-refractivity contribution is 6.30. The Morgan fingerprint density at radius 2 is 1.61 bits per heavy atom. The van der Waals surface area contributed by atoms with Crippen LogP contribution in [0.15, 0.2) is 77.9 Å². The minimum absolute atomic E-state index is 0.200. The number of halogens is 1. The zero-order valence-electron chi connectivity index (χ0n) is 15.1. The van der Waals surface area contributed by atoms with E-state index >= 15 is 0 Å². The van der Waals surface area contributed by atoms with Crippen LogP contribution in [-0.2, 0) is 0 Å². The van der Waals surface area contributed by atoms with E-state index < -0.39 is 0 Å². The topological polar surface area (TPSA) is 70.6 Å². The van der Waals surface area contributed by atoms with Crippen molar-refractivity contribution in [2.75, 3.05) is 5.32 Å². The first-order valence-electron chi connectivity index (χ1n) is 8.58. The molecule has 3 aromatic carbocycles. The molecule has 0 aliphatic carbocycles. The lowest BCUT2D eigenvalue weighted by Crippen LogP contribution is -2.17. The molecule has 0 atom stereocenters. The first kappa shape index (κ1) is 19.3. The van der Waals surface area contributed by atoms with Crippen LogP contribution in [0, 0.1) is 6.92 Å². The van der Waals surface area contributed by atoms with E-state index in [4.69, 9.17) is 11.6 Å². The van der Waals surface area contributed by atoms with E-state index in [0.717, 1.165) is 11.1 Å². The summed E-state index contributed by atoms with van der Waals surface area (Å²) in [4.78, 5) is 24.4. The molecule has 0 spiro atoms. The molecule has 140 valence electrons. The van der Waals surface area contributed by atoms with E-state index in [1.54, 1.807) is 54.6 Å². The largest absolute Gasteiger partial charge is 0.322 e. The van der Waals surface area contributed by atoms with Gasteiger partial charge in [-0.1, -0.05) is 41.4 Å². The number of amides is 2. The molecule has 0 heterocycles. The van der Waals surface area contributed by atoms with Crippen LogP contribution in [0.3, 0.4) is 0 Å². The van der Waals surface area contributed by atoms with Gasteiger partial charge < -0.3 is 5.32 Å². The second-order valence-corrected chi connectivity index (χ2v) is 6.59. The summed E-state index contributed by atoms with van der Waals surface area (Å²) in [6.45, 7) is 1.93. The highest BCUT2D eigenvalue weighted by Crippen LogP contribution is 2.12. The summed E-state index contributed by atoms with van der Waals surface area (Å²) in [6.07, 6.45) is 1.53. The van der Waals surface area contributed by atoms with Crippen molar-refractivity contribution in [2.24, 2.45) is 5.10 Å². The number of hydrazone groups is 1. The Labute approximate surface area is 168 Å². The molecule has 3 rings (SSSR count). The summed E-state index contributed by atoms with van der Waals surface area (Å²) in [5.41, 5.74) is 5.91. The molecule has 2 N–H and O–H groups in total. The van der Waals surface area contributed by atoms with Crippen LogP contribution in [0.25, 0.3) is 0 Å². The smallest absolute Gasteiger partial charge is 0.271 e. The summed E-state index contributed by atoms with van der Waals surface area (Å²) < 4.78 is 0. The lowest BCUT2D eigenvalue weighted by molar-refractivity contribution is 0.0954. The molecule has 0 aromatic heterocycles. The SMILES string of the molecule is Cc1cccc(C(=O)Nc2ccc(C(=O)N/N=C/c3ccc(Cl)cc3)cc2)c1. The van der Waals surface area contributed by atoms with Crippen LogP contribution in [0.1, 0.15) is 31.8 Å². The summed E-state index contributed by atoms with van der Waals surface area (Å²) >= 11 is 5.82. The predicted octanol–water partition coefficient (Wildman–Crippen LogP) is 4.66. The Bertz CT molecular complexity index is 1010. The average Bonchev–Trinajstić information content (AvgIpc) is 2.70. The average molecular weight is 392 g/mol. The van der Waals surface area contributed by atoms with E-state index in [-0.39, 0.29) is 11.8 Å². The zero-order valence-corrected chi connectivity index (χ0v) is 15.9. The quantitative estimate of drug-likeness (QED) is 0.490. The zero-order chi connectivity index (χ0) is 19.9. The Hall–Kier alpha value is -3.44. The molecule has 0 saturated heterocycles. The summed E-state index contributed by atoms with van der Waals surface area (Å²) in [7, 11) is 0. The Kier molecular flexibility index (Phi) is 6.19. The van der Waals surface area contributed by atoms with Crippen LogP contribution in [0.2, 0.25) is 5.02 Å². The van der Waals surface area contributed by atoms with Gasteiger partial charge in [0, 0.05) is 21.8 Å². The Balaban J connectivity index is 1.58. The van der Waals surface area contributed by atoms with Crippen molar-refractivity contribution in [1.82, 2.24) is 5.43 Å². The van der Waals surface area contributed by atoms with Crippen LogP contribution < -0.4 is 10.7 Å². The molecule has 0 bridgehead atoms. The van der Waals surface area contributed by atoms with Gasteiger partial charge in [0.15, 0.2) is 0 Å². The minimum atomic E-state index is -0.346. The van der Waals surface area contributed by atoms with Crippen molar-refractivity contribution in [3.8, 4) is 0 Å². The van der Waals surface area contributed by atoms with Crippen LogP contribution in [0.4, 0.5) is 5.69 Å².